The van der Waals surface area contributed by atoms with Crippen molar-refractivity contribution in [2.75, 3.05) is 31.1 Å². The fourth-order valence-electron chi connectivity index (χ4n) is 3.99. The average Bonchev–Trinajstić information content (AvgIpc) is 3.24. The molecule has 2 aliphatic heterocycles. The van der Waals surface area contributed by atoms with Gasteiger partial charge in [0.25, 0.3) is 5.91 Å². The summed E-state index contributed by atoms with van der Waals surface area (Å²) >= 11 is 0. The molecule has 0 aliphatic carbocycles. The lowest BCUT2D eigenvalue weighted by Gasteiger charge is -2.32. The second kappa shape index (κ2) is 7.85. The van der Waals surface area contributed by atoms with E-state index in [4.69, 9.17) is 0 Å². The minimum Gasteiger partial charge on any atom is -0.341 e. The van der Waals surface area contributed by atoms with Gasteiger partial charge >= 0.3 is 0 Å². The van der Waals surface area contributed by atoms with Crippen molar-refractivity contribution in [2.24, 2.45) is 5.92 Å². The van der Waals surface area contributed by atoms with Crippen LogP contribution in [-0.4, -0.2) is 47.0 Å². The van der Waals surface area contributed by atoms with Crippen molar-refractivity contribution in [2.45, 2.75) is 32.1 Å². The molecule has 0 N–H and O–H groups in total. The Morgan fingerprint density at radius 3 is 2.46 bits per heavy atom. The molecular formula is C21H26N4O. The van der Waals surface area contributed by atoms with Crippen LogP contribution in [0.15, 0.2) is 42.6 Å². The van der Waals surface area contributed by atoms with Crippen molar-refractivity contribution in [3.05, 3.63) is 53.9 Å². The zero-order valence-corrected chi connectivity index (χ0v) is 15.2. The molecule has 1 amide bonds. The zero-order chi connectivity index (χ0) is 17.8. The molecule has 0 bridgehead atoms. The van der Waals surface area contributed by atoms with E-state index in [-0.39, 0.29) is 5.91 Å². The van der Waals surface area contributed by atoms with Crippen LogP contribution < -0.4 is 4.90 Å². The first-order chi connectivity index (χ1) is 12.8. The third kappa shape index (κ3) is 3.87. The molecule has 5 heteroatoms. The van der Waals surface area contributed by atoms with Crippen LogP contribution in [0.1, 0.15) is 41.7 Å². The molecule has 2 aliphatic rings. The first-order valence-corrected chi connectivity index (χ1v) is 9.71. The van der Waals surface area contributed by atoms with Crippen LogP contribution in [0.25, 0.3) is 0 Å². The minimum absolute atomic E-state index is 0.0472. The Bertz CT molecular complexity index is 735. The molecule has 0 unspecified atom stereocenters. The van der Waals surface area contributed by atoms with Crippen LogP contribution >= 0.6 is 0 Å². The summed E-state index contributed by atoms with van der Waals surface area (Å²) in [5.41, 5.74) is 1.92. The summed E-state index contributed by atoms with van der Waals surface area (Å²) in [5.74, 6) is 1.41. The lowest BCUT2D eigenvalue weighted by molar-refractivity contribution is 0.0684. The summed E-state index contributed by atoms with van der Waals surface area (Å²) in [7, 11) is 0. The molecule has 4 rings (SSSR count). The number of amides is 1. The molecule has 5 nitrogen and oxygen atoms in total. The number of carbonyl (C=O) groups excluding carboxylic acids is 1. The van der Waals surface area contributed by atoms with Crippen molar-refractivity contribution < 1.29 is 4.79 Å². The number of likely N-dealkylation sites (tertiary alicyclic amines) is 1. The molecule has 0 atom stereocenters. The Labute approximate surface area is 155 Å². The van der Waals surface area contributed by atoms with Crippen molar-refractivity contribution in [1.29, 1.82) is 0 Å². The van der Waals surface area contributed by atoms with Crippen molar-refractivity contribution >= 4 is 11.9 Å². The summed E-state index contributed by atoms with van der Waals surface area (Å²) < 4.78 is 0. The van der Waals surface area contributed by atoms with E-state index in [2.05, 4.69) is 45.2 Å². The lowest BCUT2D eigenvalue weighted by Crippen LogP contribution is -2.39. The number of carbonyl (C=O) groups is 1. The number of aromatic nitrogens is 2. The zero-order valence-electron chi connectivity index (χ0n) is 15.2. The normalized spacial score (nSPS) is 18.3. The molecule has 1 aromatic heterocycles. The third-order valence-electron chi connectivity index (χ3n) is 5.52. The van der Waals surface area contributed by atoms with Gasteiger partial charge < -0.3 is 9.80 Å². The highest BCUT2D eigenvalue weighted by molar-refractivity contribution is 5.92. The molecule has 2 saturated heterocycles. The third-order valence-corrected chi connectivity index (χ3v) is 5.52. The fraction of sp³-hybridized carbons (Fsp3) is 0.476. The summed E-state index contributed by atoms with van der Waals surface area (Å²) in [6, 6.07) is 12.4. The Morgan fingerprint density at radius 2 is 1.73 bits per heavy atom. The Hall–Kier alpha value is -2.43. The van der Waals surface area contributed by atoms with Gasteiger partial charge in [-0.25, -0.2) is 9.97 Å². The Balaban J connectivity index is 1.35. The van der Waals surface area contributed by atoms with E-state index in [9.17, 15) is 4.79 Å². The van der Waals surface area contributed by atoms with Crippen LogP contribution in [0, 0.1) is 5.92 Å². The first kappa shape index (κ1) is 17.0. The van der Waals surface area contributed by atoms with E-state index in [1.165, 1.54) is 18.4 Å². The van der Waals surface area contributed by atoms with E-state index in [1.807, 2.05) is 4.90 Å². The van der Waals surface area contributed by atoms with E-state index in [1.54, 1.807) is 12.3 Å². The van der Waals surface area contributed by atoms with Crippen molar-refractivity contribution in [1.82, 2.24) is 14.9 Å². The van der Waals surface area contributed by atoms with E-state index in [0.717, 1.165) is 45.4 Å². The summed E-state index contributed by atoms with van der Waals surface area (Å²) in [6.07, 6.45) is 7.30. The van der Waals surface area contributed by atoms with Gasteiger partial charge in [-0.3, -0.25) is 4.79 Å². The molecule has 2 aromatic rings. The number of rotatable bonds is 4. The number of hydrogen-bond acceptors (Lipinski definition) is 4. The maximum Gasteiger partial charge on any atom is 0.272 e. The highest BCUT2D eigenvalue weighted by Crippen LogP contribution is 2.23. The number of piperidine rings is 1. The van der Waals surface area contributed by atoms with Crippen LogP contribution in [0.5, 0.6) is 0 Å². The molecule has 26 heavy (non-hydrogen) atoms. The molecular weight excluding hydrogens is 324 g/mol. The highest BCUT2D eigenvalue weighted by Gasteiger charge is 2.25. The lowest BCUT2D eigenvalue weighted by atomic mass is 9.90. The fourth-order valence-corrected chi connectivity index (χ4v) is 3.99. The van der Waals surface area contributed by atoms with Gasteiger partial charge in [-0.2, -0.15) is 0 Å². The second-order valence-electron chi connectivity index (χ2n) is 7.36. The van der Waals surface area contributed by atoms with Gasteiger partial charge in [0, 0.05) is 32.4 Å². The van der Waals surface area contributed by atoms with Gasteiger partial charge in [0.1, 0.15) is 5.69 Å². The molecule has 0 radical (unpaired) electrons. The smallest absolute Gasteiger partial charge is 0.272 e. The Morgan fingerprint density at radius 1 is 1.00 bits per heavy atom. The predicted molar refractivity (Wildman–Crippen MR) is 102 cm³/mol. The average molecular weight is 350 g/mol. The summed E-state index contributed by atoms with van der Waals surface area (Å²) in [5, 5.41) is 0. The molecule has 0 spiro atoms. The number of anilines is 1. The highest BCUT2D eigenvalue weighted by atomic mass is 16.2. The minimum atomic E-state index is 0.0472. The second-order valence-corrected chi connectivity index (χ2v) is 7.36. The monoisotopic (exact) mass is 350 g/mol. The Kier molecular flexibility index (Phi) is 5.14. The van der Waals surface area contributed by atoms with Gasteiger partial charge in [0.15, 0.2) is 0 Å². The van der Waals surface area contributed by atoms with Gasteiger partial charge in [-0.15, -0.1) is 0 Å². The van der Waals surface area contributed by atoms with Crippen LogP contribution in [-0.2, 0) is 6.42 Å². The maximum absolute atomic E-state index is 12.8. The number of hydrogen-bond donors (Lipinski definition) is 0. The van der Waals surface area contributed by atoms with E-state index >= 15 is 0 Å². The largest absolute Gasteiger partial charge is 0.341 e. The first-order valence-electron chi connectivity index (χ1n) is 9.71. The van der Waals surface area contributed by atoms with Crippen molar-refractivity contribution in [3.8, 4) is 0 Å². The molecule has 136 valence electrons. The van der Waals surface area contributed by atoms with Crippen molar-refractivity contribution in [3.63, 3.8) is 0 Å². The predicted octanol–water partition coefficient (Wildman–Crippen LogP) is 3.17. The summed E-state index contributed by atoms with van der Waals surface area (Å²) in [6.45, 7) is 3.61. The van der Waals surface area contributed by atoms with Gasteiger partial charge in [0.05, 0.1) is 0 Å². The summed E-state index contributed by atoms with van der Waals surface area (Å²) in [4.78, 5) is 25.9. The molecule has 0 saturated carbocycles. The van der Waals surface area contributed by atoms with E-state index in [0.29, 0.717) is 17.6 Å². The van der Waals surface area contributed by atoms with E-state index < -0.39 is 0 Å². The van der Waals surface area contributed by atoms with Gasteiger partial charge in [0.2, 0.25) is 5.95 Å². The quantitative estimate of drug-likeness (QED) is 0.850. The molecule has 1 aromatic carbocycles. The number of nitrogens with zero attached hydrogens (tertiary/aromatic N) is 4. The standard InChI is InChI=1S/C21H26N4O/c26-20(19-8-11-22-21(23-19)25-12-4-5-13-25)24-14-9-18(10-15-24)16-17-6-2-1-3-7-17/h1-3,6-8,11,18H,4-5,9-10,12-16H2. The number of benzene rings is 1. The molecule has 3 heterocycles. The SMILES string of the molecule is O=C(c1ccnc(N2CCCC2)n1)N1CCC(Cc2ccccc2)CC1. The topological polar surface area (TPSA) is 49.3 Å². The van der Waals surface area contributed by atoms with Gasteiger partial charge in [-0.1, -0.05) is 30.3 Å². The maximum atomic E-state index is 12.8. The van der Waals surface area contributed by atoms with Crippen LogP contribution in [0.4, 0.5) is 5.95 Å². The van der Waals surface area contributed by atoms with Crippen LogP contribution in [0.2, 0.25) is 0 Å². The van der Waals surface area contributed by atoms with Gasteiger partial charge in [-0.05, 0) is 49.7 Å². The molecule has 2 fully saturated rings. The van der Waals surface area contributed by atoms with Crippen LogP contribution in [0.3, 0.4) is 0 Å².